The summed E-state index contributed by atoms with van der Waals surface area (Å²) < 4.78 is 15.6. The van der Waals surface area contributed by atoms with Gasteiger partial charge in [-0.2, -0.15) is 5.26 Å². The number of benzene rings is 1. The zero-order valence-corrected chi connectivity index (χ0v) is 18.0. The normalized spacial score (nSPS) is 19.2. The van der Waals surface area contributed by atoms with Gasteiger partial charge in [-0.1, -0.05) is 18.2 Å². The molecule has 1 atom stereocenters. The van der Waals surface area contributed by atoms with E-state index in [1.54, 1.807) is 32.0 Å². The number of nitrogens with zero attached hydrogens (tertiary/aromatic N) is 2. The fourth-order valence-electron chi connectivity index (χ4n) is 4.08. The number of hydrogen-bond donors (Lipinski definition) is 2. The second kappa shape index (κ2) is 9.04. The second-order valence-electron chi connectivity index (χ2n) is 7.08. The Morgan fingerprint density at radius 1 is 1.18 bits per heavy atom. The van der Waals surface area contributed by atoms with Crippen molar-refractivity contribution in [1.29, 1.82) is 5.26 Å². The number of nitriles is 1. The molecular weight excluding hydrogens is 432 g/mol. The molecule has 2 heterocycles. The number of para-hydroxylation sites is 1. The smallest absolute Gasteiger partial charge is 0.339 e. The first-order valence-electron chi connectivity index (χ1n) is 10.1. The molecular formula is C22H22N4O7. The summed E-state index contributed by atoms with van der Waals surface area (Å²) in [7, 11) is 0. The third-order valence-electron chi connectivity index (χ3n) is 5.19. The molecule has 2 amide bonds. The number of esters is 2. The Labute approximate surface area is 189 Å². The summed E-state index contributed by atoms with van der Waals surface area (Å²) in [6, 6.07) is 8.13. The lowest BCUT2D eigenvalue weighted by atomic mass is 9.68. The van der Waals surface area contributed by atoms with E-state index in [9.17, 15) is 24.4 Å². The zero-order valence-electron chi connectivity index (χ0n) is 18.0. The number of fused-ring (bicyclic) bond motifs is 2. The summed E-state index contributed by atoms with van der Waals surface area (Å²) in [6.07, 6.45) is -0.547. The maximum Gasteiger partial charge on any atom is 0.339 e. The summed E-state index contributed by atoms with van der Waals surface area (Å²) >= 11 is 0. The van der Waals surface area contributed by atoms with E-state index < -0.39 is 48.0 Å². The van der Waals surface area contributed by atoms with E-state index in [0.29, 0.717) is 0 Å². The van der Waals surface area contributed by atoms with Crippen LogP contribution in [0.15, 0.2) is 47.1 Å². The molecule has 1 aromatic carbocycles. The van der Waals surface area contributed by atoms with E-state index in [1.807, 2.05) is 6.07 Å². The number of primary amides is 1. The number of carbonyl (C=O) groups excluding carboxylic acids is 4. The highest BCUT2D eigenvalue weighted by Crippen LogP contribution is 2.54. The number of ether oxygens (including phenoxy) is 3. The standard InChI is InChI=1S/C22H22N4O7/c1-3-31-17(28)9-15-18(20(29)32-4-2)22(13(10-23)19(25)33-15)12-7-5-6-8-14(12)26(21(22)30)11-16(24)27/h5-8H,3-4,9,11,25H2,1-2H3,(H2,24,27)/t22-/m1/s1. The Morgan fingerprint density at radius 3 is 2.45 bits per heavy atom. The minimum absolute atomic E-state index is 0.0625. The van der Waals surface area contributed by atoms with Crippen LogP contribution >= 0.6 is 0 Å². The van der Waals surface area contributed by atoms with Crippen LogP contribution < -0.4 is 16.4 Å². The van der Waals surface area contributed by atoms with Crippen molar-refractivity contribution in [1.82, 2.24) is 0 Å². The molecule has 11 heteroatoms. The molecule has 0 unspecified atom stereocenters. The van der Waals surface area contributed by atoms with E-state index >= 15 is 0 Å². The van der Waals surface area contributed by atoms with Crippen molar-refractivity contribution in [2.75, 3.05) is 24.7 Å². The quantitative estimate of drug-likeness (QED) is 0.547. The number of anilines is 1. The maximum absolute atomic E-state index is 13.9. The fraction of sp³-hybridized carbons (Fsp3) is 0.318. The lowest BCUT2D eigenvalue weighted by Gasteiger charge is -2.35. The average Bonchev–Trinajstić information content (AvgIpc) is 2.97. The summed E-state index contributed by atoms with van der Waals surface area (Å²) in [5.41, 5.74) is 8.96. The largest absolute Gasteiger partial charge is 0.466 e. The van der Waals surface area contributed by atoms with Gasteiger partial charge >= 0.3 is 11.9 Å². The second-order valence-corrected chi connectivity index (χ2v) is 7.08. The van der Waals surface area contributed by atoms with E-state index in [2.05, 4.69) is 0 Å². The third-order valence-corrected chi connectivity index (χ3v) is 5.19. The van der Waals surface area contributed by atoms with Crippen LogP contribution in [0.4, 0.5) is 5.69 Å². The third kappa shape index (κ3) is 3.65. The lowest BCUT2D eigenvalue weighted by Crippen LogP contribution is -2.50. The van der Waals surface area contributed by atoms with E-state index in [0.717, 1.165) is 4.90 Å². The van der Waals surface area contributed by atoms with Crippen molar-refractivity contribution in [3.63, 3.8) is 0 Å². The van der Waals surface area contributed by atoms with Crippen LogP contribution in [-0.4, -0.2) is 43.5 Å². The van der Waals surface area contributed by atoms with Crippen LogP contribution in [0.2, 0.25) is 0 Å². The van der Waals surface area contributed by atoms with Crippen LogP contribution in [0.1, 0.15) is 25.8 Å². The molecule has 0 radical (unpaired) electrons. The topological polar surface area (TPSA) is 175 Å². The Bertz CT molecular complexity index is 1150. The molecule has 1 spiro atoms. The van der Waals surface area contributed by atoms with Crippen molar-refractivity contribution < 1.29 is 33.4 Å². The van der Waals surface area contributed by atoms with Gasteiger partial charge in [-0.25, -0.2) is 4.79 Å². The zero-order chi connectivity index (χ0) is 24.3. The highest BCUT2D eigenvalue weighted by Gasteiger charge is 2.62. The predicted molar refractivity (Wildman–Crippen MR) is 112 cm³/mol. The van der Waals surface area contributed by atoms with E-state index in [-0.39, 0.29) is 41.4 Å². The first kappa shape index (κ1) is 23.3. The number of amides is 2. The molecule has 2 aliphatic heterocycles. The van der Waals surface area contributed by atoms with Crippen LogP contribution in [0.25, 0.3) is 0 Å². The Balaban J connectivity index is 2.40. The SMILES string of the molecule is CCOC(=O)CC1=C(C(=O)OCC)[C@]2(C(=O)N(CC(N)=O)c3ccccc32)C(C#N)=C(N)O1. The highest BCUT2D eigenvalue weighted by atomic mass is 16.5. The van der Waals surface area contributed by atoms with Gasteiger partial charge in [-0.3, -0.25) is 14.4 Å². The van der Waals surface area contributed by atoms with E-state index in [1.165, 1.54) is 6.07 Å². The molecule has 4 N–H and O–H groups in total. The molecule has 2 aliphatic rings. The number of nitrogens with two attached hydrogens (primary N) is 2. The van der Waals surface area contributed by atoms with Gasteiger partial charge in [0, 0.05) is 11.3 Å². The fourth-order valence-corrected chi connectivity index (χ4v) is 4.08. The van der Waals surface area contributed by atoms with Gasteiger partial charge in [0.15, 0.2) is 5.41 Å². The molecule has 0 fully saturated rings. The number of hydrogen-bond acceptors (Lipinski definition) is 9. The minimum Gasteiger partial charge on any atom is -0.466 e. The molecule has 33 heavy (non-hydrogen) atoms. The lowest BCUT2D eigenvalue weighted by molar-refractivity contribution is -0.143. The summed E-state index contributed by atoms with van der Waals surface area (Å²) in [5, 5.41) is 9.98. The van der Waals surface area contributed by atoms with Gasteiger partial charge in [0.25, 0.3) is 0 Å². The first-order chi connectivity index (χ1) is 15.7. The first-order valence-corrected chi connectivity index (χ1v) is 10.1. The van der Waals surface area contributed by atoms with Crippen molar-refractivity contribution in [3.8, 4) is 6.07 Å². The predicted octanol–water partition coefficient (Wildman–Crippen LogP) is 0.251. The molecule has 3 rings (SSSR count). The summed E-state index contributed by atoms with van der Waals surface area (Å²) in [4.78, 5) is 52.2. The number of rotatable bonds is 7. The summed E-state index contributed by atoms with van der Waals surface area (Å²) in [6.45, 7) is 2.64. The Hall–Kier alpha value is -4.33. The van der Waals surface area contributed by atoms with Crippen LogP contribution in [0.3, 0.4) is 0 Å². The van der Waals surface area contributed by atoms with Crippen LogP contribution in [0, 0.1) is 11.3 Å². The molecule has 0 aromatic heterocycles. The molecule has 11 nitrogen and oxygen atoms in total. The molecule has 0 saturated carbocycles. The van der Waals surface area contributed by atoms with Gasteiger partial charge in [0.05, 0.1) is 13.2 Å². The van der Waals surface area contributed by atoms with Crippen molar-refractivity contribution in [2.24, 2.45) is 11.5 Å². The summed E-state index contributed by atoms with van der Waals surface area (Å²) in [5.74, 6) is -4.12. The van der Waals surface area contributed by atoms with E-state index in [4.69, 9.17) is 25.7 Å². The Kier molecular flexibility index (Phi) is 6.39. The maximum atomic E-state index is 13.9. The molecule has 0 aliphatic carbocycles. The Morgan fingerprint density at radius 2 is 1.85 bits per heavy atom. The highest BCUT2D eigenvalue weighted by molar-refractivity contribution is 6.20. The monoisotopic (exact) mass is 454 g/mol. The average molecular weight is 454 g/mol. The van der Waals surface area contributed by atoms with Gasteiger partial charge < -0.3 is 30.6 Å². The van der Waals surface area contributed by atoms with Crippen molar-refractivity contribution in [2.45, 2.75) is 25.7 Å². The van der Waals surface area contributed by atoms with Gasteiger partial charge in [-0.15, -0.1) is 0 Å². The van der Waals surface area contributed by atoms with Gasteiger partial charge in [-0.05, 0) is 19.9 Å². The molecule has 0 bridgehead atoms. The van der Waals surface area contributed by atoms with Crippen LogP contribution in [0.5, 0.6) is 0 Å². The molecule has 172 valence electrons. The molecule has 1 aromatic rings. The van der Waals surface area contributed by atoms with Crippen molar-refractivity contribution >= 4 is 29.4 Å². The number of carbonyl (C=O) groups is 4. The van der Waals surface area contributed by atoms with Gasteiger partial charge in [0.1, 0.15) is 35.9 Å². The minimum atomic E-state index is -2.10. The van der Waals surface area contributed by atoms with Gasteiger partial charge in [0.2, 0.25) is 17.7 Å². The van der Waals surface area contributed by atoms with Crippen LogP contribution in [-0.2, 0) is 38.8 Å². The molecule has 0 saturated heterocycles. The van der Waals surface area contributed by atoms with Crippen molar-refractivity contribution in [3.05, 3.63) is 52.6 Å².